The Hall–Kier alpha value is -0.930. The predicted molar refractivity (Wildman–Crippen MR) is 140 cm³/mol. The quantitative estimate of drug-likeness (QED) is 0.640. The van der Waals surface area contributed by atoms with Crippen molar-refractivity contribution in [2.24, 2.45) is 0 Å². The van der Waals surface area contributed by atoms with Gasteiger partial charge in [0.1, 0.15) is 5.60 Å². The highest BCUT2D eigenvalue weighted by molar-refractivity contribution is 5.69. The van der Waals surface area contributed by atoms with Crippen molar-refractivity contribution >= 4 is 6.09 Å². The zero-order valence-electron chi connectivity index (χ0n) is 23.1. The number of rotatable bonds is 4. The lowest BCUT2D eigenvalue weighted by molar-refractivity contribution is -0.0260. The molecule has 0 aliphatic carbocycles. The van der Waals surface area contributed by atoms with Crippen LogP contribution in [0.1, 0.15) is 72.1 Å². The zero-order chi connectivity index (χ0) is 25.3. The van der Waals surface area contributed by atoms with E-state index in [0.717, 1.165) is 77.3 Å². The third-order valence-corrected chi connectivity index (χ3v) is 7.68. The van der Waals surface area contributed by atoms with E-state index >= 15 is 0 Å². The van der Waals surface area contributed by atoms with Crippen LogP contribution in [-0.2, 0) is 14.2 Å². The molecule has 1 N–H and O–H groups in total. The van der Waals surface area contributed by atoms with Crippen molar-refractivity contribution in [1.29, 1.82) is 0 Å². The van der Waals surface area contributed by atoms with E-state index in [9.17, 15) is 4.79 Å². The second-order valence-electron chi connectivity index (χ2n) is 11.9. The Morgan fingerprint density at radius 1 is 0.743 bits per heavy atom. The summed E-state index contributed by atoms with van der Waals surface area (Å²) in [5.74, 6) is 0. The lowest BCUT2D eigenvalue weighted by atomic mass is 9.99. The van der Waals surface area contributed by atoms with E-state index in [1.807, 2.05) is 25.7 Å². The minimum absolute atomic E-state index is 0.149. The molecule has 8 heteroatoms. The number of nitrogens with zero attached hydrogens (tertiary/aromatic N) is 3. The van der Waals surface area contributed by atoms with Gasteiger partial charge in [-0.3, -0.25) is 0 Å². The lowest BCUT2D eigenvalue weighted by Crippen LogP contribution is -2.53. The van der Waals surface area contributed by atoms with Crippen molar-refractivity contribution < 1.29 is 19.0 Å². The SMILES string of the molecule is CN1CCC(N(C(=O)OC(C)(C)C)C2CCOCC2)CC1.CN1CCC(NC2CCOCC2)CC1. The first-order chi connectivity index (χ1) is 16.7. The van der Waals surface area contributed by atoms with Gasteiger partial charge < -0.3 is 34.2 Å². The molecule has 4 aliphatic heterocycles. The second kappa shape index (κ2) is 14.1. The fourth-order valence-corrected chi connectivity index (χ4v) is 5.52. The summed E-state index contributed by atoms with van der Waals surface area (Å²) in [5.41, 5.74) is -0.439. The standard InChI is InChI=1S/C16H30N2O3.C11H22N2O/c1-16(2,3)21-15(19)18(14-7-11-20-12-8-14)13-5-9-17(4)10-6-13;1-13-6-2-10(3-7-13)12-11-4-8-14-9-5-11/h13-14H,5-12H2,1-4H3;10-12H,2-9H2,1H3. The molecule has 4 fully saturated rings. The summed E-state index contributed by atoms with van der Waals surface area (Å²) in [6.07, 6.45) is 8.79. The monoisotopic (exact) mass is 496 g/mol. The average Bonchev–Trinajstić information content (AvgIpc) is 2.83. The van der Waals surface area contributed by atoms with Crippen LogP contribution in [0.25, 0.3) is 0 Å². The van der Waals surface area contributed by atoms with Crippen molar-refractivity contribution in [2.45, 2.75) is 102 Å². The number of amides is 1. The van der Waals surface area contributed by atoms with Gasteiger partial charge in [0.2, 0.25) is 0 Å². The van der Waals surface area contributed by atoms with E-state index in [2.05, 4.69) is 29.2 Å². The van der Waals surface area contributed by atoms with Gasteiger partial charge in [0.05, 0.1) is 0 Å². The van der Waals surface area contributed by atoms with Gasteiger partial charge in [-0.15, -0.1) is 0 Å². The minimum atomic E-state index is -0.439. The number of piperidine rings is 2. The molecule has 4 rings (SSSR count). The van der Waals surface area contributed by atoms with Crippen molar-refractivity contribution in [2.75, 3.05) is 66.7 Å². The third kappa shape index (κ3) is 10.2. The van der Waals surface area contributed by atoms with E-state index in [1.165, 1.54) is 38.8 Å². The van der Waals surface area contributed by atoms with Crippen LogP contribution in [0.5, 0.6) is 0 Å². The molecular formula is C27H52N4O4. The molecule has 8 nitrogen and oxygen atoms in total. The zero-order valence-corrected chi connectivity index (χ0v) is 23.1. The maximum Gasteiger partial charge on any atom is 0.410 e. The van der Waals surface area contributed by atoms with E-state index in [4.69, 9.17) is 14.2 Å². The molecule has 0 unspecified atom stereocenters. The van der Waals surface area contributed by atoms with Crippen LogP contribution in [0.3, 0.4) is 0 Å². The number of hydrogen-bond donors (Lipinski definition) is 1. The molecule has 204 valence electrons. The maximum absolute atomic E-state index is 12.7. The molecule has 4 saturated heterocycles. The third-order valence-electron chi connectivity index (χ3n) is 7.68. The normalized spacial score (nSPS) is 25.1. The molecular weight excluding hydrogens is 444 g/mol. The molecule has 0 aromatic rings. The number of ether oxygens (including phenoxy) is 3. The number of likely N-dealkylation sites (tertiary alicyclic amines) is 2. The summed E-state index contributed by atoms with van der Waals surface area (Å²) in [4.78, 5) is 19.5. The Morgan fingerprint density at radius 3 is 1.69 bits per heavy atom. The topological polar surface area (TPSA) is 66.5 Å². The van der Waals surface area contributed by atoms with Crippen LogP contribution in [0, 0.1) is 0 Å². The van der Waals surface area contributed by atoms with E-state index < -0.39 is 5.60 Å². The van der Waals surface area contributed by atoms with Crippen LogP contribution >= 0.6 is 0 Å². The predicted octanol–water partition coefficient (Wildman–Crippen LogP) is 3.35. The van der Waals surface area contributed by atoms with Crippen LogP contribution in [-0.4, -0.2) is 117 Å². The van der Waals surface area contributed by atoms with E-state index in [0.29, 0.717) is 6.04 Å². The first-order valence-electron chi connectivity index (χ1n) is 14.0. The fourth-order valence-electron chi connectivity index (χ4n) is 5.52. The summed E-state index contributed by atoms with van der Waals surface area (Å²) in [5, 5.41) is 3.77. The summed E-state index contributed by atoms with van der Waals surface area (Å²) in [6, 6.07) is 2.05. The number of nitrogens with one attached hydrogen (secondary N) is 1. The summed E-state index contributed by atoms with van der Waals surface area (Å²) < 4.78 is 16.5. The Labute approximate surface area is 214 Å². The summed E-state index contributed by atoms with van der Waals surface area (Å²) in [6.45, 7) is 13.8. The molecule has 0 atom stereocenters. The van der Waals surface area contributed by atoms with Gasteiger partial charge in [-0.1, -0.05) is 0 Å². The summed E-state index contributed by atoms with van der Waals surface area (Å²) >= 11 is 0. The van der Waals surface area contributed by atoms with Crippen molar-refractivity contribution in [3.8, 4) is 0 Å². The van der Waals surface area contributed by atoms with Crippen LogP contribution in [0.4, 0.5) is 4.79 Å². The van der Waals surface area contributed by atoms with Gasteiger partial charge in [-0.25, -0.2) is 4.79 Å². The van der Waals surface area contributed by atoms with Gasteiger partial charge in [0, 0.05) is 50.6 Å². The van der Waals surface area contributed by atoms with E-state index in [1.54, 1.807) is 0 Å². The van der Waals surface area contributed by atoms with Crippen LogP contribution in [0.2, 0.25) is 0 Å². The van der Waals surface area contributed by atoms with Crippen LogP contribution in [0.15, 0.2) is 0 Å². The van der Waals surface area contributed by atoms with Gasteiger partial charge >= 0.3 is 6.09 Å². The summed E-state index contributed by atoms with van der Waals surface area (Å²) in [7, 11) is 4.35. The van der Waals surface area contributed by atoms with Crippen molar-refractivity contribution in [3.63, 3.8) is 0 Å². The highest BCUT2D eigenvalue weighted by Gasteiger charge is 2.36. The maximum atomic E-state index is 12.7. The molecule has 0 radical (unpaired) electrons. The number of hydrogen-bond acceptors (Lipinski definition) is 7. The fraction of sp³-hybridized carbons (Fsp3) is 0.963. The van der Waals surface area contributed by atoms with Gasteiger partial charge in [0.25, 0.3) is 0 Å². The minimum Gasteiger partial charge on any atom is -0.444 e. The first-order valence-corrected chi connectivity index (χ1v) is 14.0. The smallest absolute Gasteiger partial charge is 0.410 e. The Morgan fingerprint density at radius 2 is 1.17 bits per heavy atom. The highest BCUT2D eigenvalue weighted by atomic mass is 16.6. The molecule has 0 aromatic heterocycles. The molecule has 4 aliphatic rings. The molecule has 1 amide bonds. The Bertz CT molecular complexity index is 601. The number of carbonyl (C=O) groups excluding carboxylic acids is 1. The Kier molecular flexibility index (Phi) is 11.6. The molecule has 0 bridgehead atoms. The van der Waals surface area contributed by atoms with E-state index in [-0.39, 0.29) is 12.1 Å². The number of carbonyl (C=O) groups is 1. The highest BCUT2D eigenvalue weighted by Crippen LogP contribution is 2.26. The van der Waals surface area contributed by atoms with Crippen LogP contribution < -0.4 is 5.32 Å². The Balaban J connectivity index is 0.000000211. The molecule has 35 heavy (non-hydrogen) atoms. The van der Waals surface area contributed by atoms with Gasteiger partial charge in [0.15, 0.2) is 0 Å². The van der Waals surface area contributed by atoms with Gasteiger partial charge in [-0.2, -0.15) is 0 Å². The molecule has 0 spiro atoms. The first kappa shape index (κ1) is 28.6. The molecule has 0 saturated carbocycles. The second-order valence-corrected chi connectivity index (χ2v) is 11.9. The van der Waals surface area contributed by atoms with Gasteiger partial charge in [-0.05, 0) is 112 Å². The van der Waals surface area contributed by atoms with Crippen molar-refractivity contribution in [3.05, 3.63) is 0 Å². The molecule has 0 aromatic carbocycles. The average molecular weight is 497 g/mol. The van der Waals surface area contributed by atoms with Crippen molar-refractivity contribution in [1.82, 2.24) is 20.0 Å². The largest absolute Gasteiger partial charge is 0.444 e. The molecule has 4 heterocycles. The lowest BCUT2D eigenvalue weighted by Gasteiger charge is -2.43.